The molecule has 2 aromatic heterocycles. The molecule has 186 valence electrons. The maximum absolute atomic E-state index is 12.2. The van der Waals surface area contributed by atoms with Gasteiger partial charge >= 0.3 is 0 Å². The molecule has 1 fully saturated rings. The van der Waals surface area contributed by atoms with Crippen LogP contribution in [-0.4, -0.2) is 66.2 Å². The van der Waals surface area contributed by atoms with E-state index in [0.717, 1.165) is 0 Å². The van der Waals surface area contributed by atoms with Crippen molar-refractivity contribution in [2.24, 2.45) is 0 Å². The number of aromatic nitrogens is 4. The molecular weight excluding hydrogens is 456 g/mol. The molecule has 4 unspecified atom stereocenters. The van der Waals surface area contributed by atoms with Gasteiger partial charge in [-0.05, 0) is 36.3 Å². The Morgan fingerprint density at radius 1 is 1.03 bits per heavy atom. The predicted molar refractivity (Wildman–Crippen MR) is 133 cm³/mol. The minimum absolute atomic E-state index is 0.0246. The van der Waals surface area contributed by atoms with E-state index >= 15 is 0 Å². The lowest BCUT2D eigenvalue weighted by Gasteiger charge is -2.44. The molecule has 1 saturated heterocycles. The lowest BCUT2D eigenvalue weighted by Crippen LogP contribution is -2.53. The highest BCUT2D eigenvalue weighted by Gasteiger charge is 2.54. The van der Waals surface area contributed by atoms with E-state index in [9.17, 15) is 9.90 Å². The van der Waals surface area contributed by atoms with Crippen molar-refractivity contribution in [1.29, 1.82) is 0 Å². The zero-order valence-electron chi connectivity index (χ0n) is 21.6. The predicted octanol–water partition coefficient (Wildman–Crippen LogP) is 3.79. The van der Waals surface area contributed by atoms with Crippen LogP contribution < -0.4 is 5.56 Å². The van der Waals surface area contributed by atoms with Crippen molar-refractivity contribution in [3.8, 4) is 0 Å². The number of aliphatic hydroxyl groups is 1. The third-order valence-electron chi connectivity index (χ3n) is 7.58. The highest BCUT2D eigenvalue weighted by molar-refractivity contribution is 6.74. The van der Waals surface area contributed by atoms with E-state index in [1.165, 1.54) is 6.33 Å². The van der Waals surface area contributed by atoms with Crippen LogP contribution in [0.4, 0.5) is 0 Å². The zero-order chi connectivity index (χ0) is 25.0. The van der Waals surface area contributed by atoms with Crippen LogP contribution in [0.25, 0.3) is 11.2 Å². The van der Waals surface area contributed by atoms with E-state index in [4.69, 9.17) is 13.6 Å². The lowest BCUT2D eigenvalue weighted by molar-refractivity contribution is -0.0491. The molecule has 33 heavy (non-hydrogen) atoms. The van der Waals surface area contributed by atoms with E-state index in [0.29, 0.717) is 5.65 Å². The van der Waals surface area contributed by atoms with Gasteiger partial charge in [-0.1, -0.05) is 41.5 Å². The maximum Gasteiger partial charge on any atom is 0.278 e. The van der Waals surface area contributed by atoms with Crippen LogP contribution >= 0.6 is 0 Å². The Morgan fingerprint density at radius 2 is 1.58 bits per heavy atom. The molecule has 4 atom stereocenters. The molecule has 0 spiro atoms. The SMILES string of the molecule is CC(C)(C)[Si](C)(C)OC1C(CO)OC(n2cnc3c(=O)[nH]cnc32)C1O[Si](C)(C)C(C)(C)C. The van der Waals surface area contributed by atoms with E-state index in [1.54, 1.807) is 10.9 Å². The van der Waals surface area contributed by atoms with Gasteiger partial charge in [0, 0.05) is 0 Å². The maximum atomic E-state index is 12.2. The number of rotatable bonds is 6. The molecule has 0 amide bonds. The van der Waals surface area contributed by atoms with Crippen molar-refractivity contribution in [3.05, 3.63) is 23.0 Å². The van der Waals surface area contributed by atoms with Crippen LogP contribution in [0.2, 0.25) is 36.3 Å². The number of aliphatic hydroxyl groups excluding tert-OH is 1. The van der Waals surface area contributed by atoms with Gasteiger partial charge in [0.25, 0.3) is 5.56 Å². The fraction of sp³-hybridized carbons (Fsp3) is 0.773. The van der Waals surface area contributed by atoms with Gasteiger partial charge in [-0.25, -0.2) is 9.97 Å². The Morgan fingerprint density at radius 3 is 2.09 bits per heavy atom. The quantitative estimate of drug-likeness (QED) is 0.585. The number of ether oxygens (including phenoxy) is 1. The van der Waals surface area contributed by atoms with Crippen molar-refractivity contribution in [2.75, 3.05) is 6.61 Å². The molecule has 2 aromatic rings. The molecule has 1 aliphatic rings. The van der Waals surface area contributed by atoms with Crippen LogP contribution in [0.5, 0.6) is 0 Å². The summed E-state index contributed by atoms with van der Waals surface area (Å²) in [5.41, 5.74) is 0.338. The fourth-order valence-electron chi connectivity index (χ4n) is 3.43. The third-order valence-corrected chi connectivity index (χ3v) is 16.5. The van der Waals surface area contributed by atoms with Gasteiger partial charge in [0.1, 0.15) is 18.3 Å². The summed E-state index contributed by atoms with van der Waals surface area (Å²) in [6.45, 7) is 21.7. The summed E-state index contributed by atoms with van der Waals surface area (Å²) in [5, 5.41) is 10.2. The van der Waals surface area contributed by atoms with E-state index in [-0.39, 0.29) is 27.8 Å². The zero-order valence-corrected chi connectivity index (χ0v) is 23.6. The first-order valence-corrected chi connectivity index (χ1v) is 17.3. The highest BCUT2D eigenvalue weighted by Crippen LogP contribution is 2.45. The molecule has 0 aliphatic carbocycles. The van der Waals surface area contributed by atoms with Crippen LogP contribution in [0.3, 0.4) is 0 Å². The molecule has 0 saturated carbocycles. The van der Waals surface area contributed by atoms with Gasteiger partial charge < -0.3 is 23.7 Å². The summed E-state index contributed by atoms with van der Waals surface area (Å²) >= 11 is 0. The highest BCUT2D eigenvalue weighted by atomic mass is 28.4. The van der Waals surface area contributed by atoms with Crippen molar-refractivity contribution >= 4 is 27.8 Å². The first-order valence-electron chi connectivity index (χ1n) is 11.5. The third kappa shape index (κ3) is 4.89. The smallest absolute Gasteiger partial charge is 0.278 e. The number of H-pyrrole nitrogens is 1. The number of fused-ring (bicyclic) bond motifs is 1. The van der Waals surface area contributed by atoms with Gasteiger partial charge in [-0.15, -0.1) is 0 Å². The van der Waals surface area contributed by atoms with Gasteiger partial charge in [0.05, 0.1) is 19.3 Å². The van der Waals surface area contributed by atoms with Crippen molar-refractivity contribution < 1.29 is 18.7 Å². The van der Waals surface area contributed by atoms with Gasteiger partial charge in [0.15, 0.2) is 34.0 Å². The normalized spacial score (nSPS) is 25.2. The van der Waals surface area contributed by atoms with Gasteiger partial charge in [-0.3, -0.25) is 9.36 Å². The topological polar surface area (TPSA) is 111 Å². The lowest BCUT2D eigenvalue weighted by atomic mass is 10.1. The summed E-state index contributed by atoms with van der Waals surface area (Å²) in [6, 6.07) is 0. The van der Waals surface area contributed by atoms with Crippen LogP contribution in [0, 0.1) is 0 Å². The summed E-state index contributed by atoms with van der Waals surface area (Å²) in [5.74, 6) is 0. The molecule has 3 heterocycles. The number of imidazole rings is 1. The number of nitrogens with zero attached hydrogens (tertiary/aromatic N) is 3. The standard InChI is InChI=1S/C22H40N4O5Si2/c1-21(2,3)32(7,8)30-16-14(11-27)29-20(17(16)31-33(9,10)22(4,5)6)26-13-25-15-18(26)23-12-24-19(15)28/h12-14,16-17,20,27H,11H2,1-10H3,(H,23,24,28). The molecular formula is C22H40N4O5Si2. The van der Waals surface area contributed by atoms with Gasteiger partial charge in [-0.2, -0.15) is 0 Å². The molecule has 11 heteroatoms. The Labute approximate surface area is 198 Å². The number of hydrogen-bond donors (Lipinski definition) is 2. The van der Waals surface area contributed by atoms with Crippen molar-refractivity contribution in [3.63, 3.8) is 0 Å². The molecule has 9 nitrogen and oxygen atoms in total. The second kappa shape index (κ2) is 8.69. The van der Waals surface area contributed by atoms with Crippen LogP contribution in [0.15, 0.2) is 17.4 Å². The second-order valence-corrected chi connectivity index (χ2v) is 21.5. The molecule has 0 radical (unpaired) electrons. The Hall–Kier alpha value is -1.38. The number of hydrogen-bond acceptors (Lipinski definition) is 7. The average Bonchev–Trinajstić information content (AvgIpc) is 3.22. The second-order valence-electron chi connectivity index (χ2n) is 12.0. The molecule has 1 aliphatic heterocycles. The molecule has 2 N–H and O–H groups in total. The Kier molecular flexibility index (Phi) is 6.90. The summed E-state index contributed by atoms with van der Waals surface area (Å²) in [6.07, 6.45) is 0.756. The number of aromatic amines is 1. The molecule has 3 rings (SSSR count). The average molecular weight is 497 g/mol. The minimum Gasteiger partial charge on any atom is -0.408 e. The summed E-state index contributed by atoms with van der Waals surface area (Å²) in [7, 11) is -4.48. The largest absolute Gasteiger partial charge is 0.408 e. The monoisotopic (exact) mass is 496 g/mol. The van der Waals surface area contributed by atoms with E-state index < -0.39 is 41.2 Å². The first-order chi connectivity index (χ1) is 15.0. The molecule has 0 bridgehead atoms. The number of nitrogens with one attached hydrogen (secondary N) is 1. The summed E-state index contributed by atoms with van der Waals surface area (Å²) < 4.78 is 21.8. The van der Waals surface area contributed by atoms with Crippen molar-refractivity contribution in [2.45, 2.75) is 102 Å². The Balaban J connectivity index is 2.11. The van der Waals surface area contributed by atoms with Gasteiger partial charge in [0.2, 0.25) is 0 Å². The first kappa shape index (κ1) is 26.2. The summed E-state index contributed by atoms with van der Waals surface area (Å²) in [4.78, 5) is 23.4. The van der Waals surface area contributed by atoms with Crippen LogP contribution in [-0.2, 0) is 13.6 Å². The van der Waals surface area contributed by atoms with E-state index in [2.05, 4.69) is 82.7 Å². The molecule has 0 aromatic carbocycles. The van der Waals surface area contributed by atoms with Crippen molar-refractivity contribution in [1.82, 2.24) is 19.5 Å². The minimum atomic E-state index is -2.26. The Bertz CT molecular complexity index is 1040. The van der Waals surface area contributed by atoms with Crippen LogP contribution in [0.1, 0.15) is 47.8 Å². The van der Waals surface area contributed by atoms with E-state index in [1.807, 2.05) is 0 Å². The fourth-order valence-corrected chi connectivity index (χ4v) is 6.03.